The Balaban J connectivity index is 2.03. The van der Waals surface area contributed by atoms with E-state index in [1.807, 2.05) is 0 Å². The maximum atomic E-state index is 4.71. The quantitative estimate of drug-likeness (QED) is 0.889. The van der Waals surface area contributed by atoms with Crippen LogP contribution < -0.4 is 5.32 Å². The van der Waals surface area contributed by atoms with Gasteiger partial charge in [-0.3, -0.25) is 4.68 Å². The van der Waals surface area contributed by atoms with E-state index >= 15 is 0 Å². The molecule has 0 unspecified atom stereocenters. The van der Waals surface area contributed by atoms with E-state index in [4.69, 9.17) is 4.98 Å². The second-order valence-corrected chi connectivity index (χ2v) is 7.27. The Bertz CT molecular complexity index is 577. The van der Waals surface area contributed by atoms with Crippen molar-refractivity contribution in [3.05, 3.63) is 33.5 Å². The van der Waals surface area contributed by atoms with Crippen LogP contribution in [0.25, 0.3) is 0 Å². The fourth-order valence-corrected chi connectivity index (χ4v) is 2.83. The molecule has 0 spiro atoms. The molecule has 0 radical (unpaired) electrons. The molecule has 2 aromatic rings. The van der Waals surface area contributed by atoms with E-state index < -0.39 is 0 Å². The Labute approximate surface area is 131 Å². The molecular formula is C16H26N4S. The van der Waals surface area contributed by atoms with E-state index in [2.05, 4.69) is 61.2 Å². The third kappa shape index (κ3) is 4.64. The molecule has 0 aliphatic rings. The topological polar surface area (TPSA) is 42.7 Å². The number of aryl methyl sites for hydroxylation is 2. The number of nitrogens with zero attached hydrogens (tertiary/aromatic N) is 3. The predicted octanol–water partition coefficient (Wildman–Crippen LogP) is 3.40. The molecule has 2 rings (SSSR count). The summed E-state index contributed by atoms with van der Waals surface area (Å²) in [6.07, 6.45) is 1.99. The van der Waals surface area contributed by atoms with Crippen LogP contribution in [0.5, 0.6) is 0 Å². The first-order valence-electron chi connectivity index (χ1n) is 7.65. The first-order chi connectivity index (χ1) is 9.91. The van der Waals surface area contributed by atoms with E-state index in [-0.39, 0.29) is 5.54 Å². The molecule has 0 atom stereocenters. The third-order valence-electron chi connectivity index (χ3n) is 3.32. The van der Waals surface area contributed by atoms with Gasteiger partial charge in [0.1, 0.15) is 5.01 Å². The second kappa shape index (κ2) is 6.71. The van der Waals surface area contributed by atoms with Gasteiger partial charge in [-0.05, 0) is 39.7 Å². The van der Waals surface area contributed by atoms with Gasteiger partial charge in [0.2, 0.25) is 0 Å². The molecule has 0 saturated heterocycles. The van der Waals surface area contributed by atoms with Crippen molar-refractivity contribution in [3.8, 4) is 0 Å². The van der Waals surface area contributed by atoms with Crippen molar-refractivity contribution in [1.29, 1.82) is 0 Å². The number of thiazole rings is 1. The first-order valence-corrected chi connectivity index (χ1v) is 8.53. The van der Waals surface area contributed by atoms with Gasteiger partial charge in [0.05, 0.1) is 17.9 Å². The van der Waals surface area contributed by atoms with Crippen LogP contribution >= 0.6 is 11.3 Å². The zero-order valence-corrected chi connectivity index (χ0v) is 14.5. The summed E-state index contributed by atoms with van der Waals surface area (Å²) < 4.78 is 2.09. The molecule has 0 bridgehead atoms. The normalized spacial score (nSPS) is 12.0. The SMILES string of the molecule is CCc1cc(CC)n(Cc2csc(CNC(C)(C)C)n2)n1. The summed E-state index contributed by atoms with van der Waals surface area (Å²) in [6, 6.07) is 2.20. The van der Waals surface area contributed by atoms with Gasteiger partial charge in [-0.25, -0.2) is 4.98 Å². The van der Waals surface area contributed by atoms with Crippen molar-refractivity contribution in [2.24, 2.45) is 0 Å². The van der Waals surface area contributed by atoms with Crippen molar-refractivity contribution < 1.29 is 0 Å². The number of nitrogens with one attached hydrogen (secondary N) is 1. The van der Waals surface area contributed by atoms with E-state index in [9.17, 15) is 0 Å². The van der Waals surface area contributed by atoms with E-state index in [1.165, 1.54) is 5.69 Å². The Morgan fingerprint density at radius 2 is 1.95 bits per heavy atom. The van der Waals surface area contributed by atoms with E-state index in [1.54, 1.807) is 11.3 Å². The molecule has 1 N–H and O–H groups in total. The number of rotatable bonds is 6. The van der Waals surface area contributed by atoms with E-state index in [0.29, 0.717) is 0 Å². The van der Waals surface area contributed by atoms with Crippen molar-refractivity contribution in [2.75, 3.05) is 0 Å². The maximum absolute atomic E-state index is 4.71. The summed E-state index contributed by atoms with van der Waals surface area (Å²) in [5, 5.41) is 11.4. The average Bonchev–Trinajstić information content (AvgIpc) is 3.02. The minimum Gasteiger partial charge on any atom is -0.306 e. The molecule has 4 nitrogen and oxygen atoms in total. The van der Waals surface area contributed by atoms with Crippen LogP contribution in [0.3, 0.4) is 0 Å². The smallest absolute Gasteiger partial charge is 0.107 e. The standard InChI is InChI=1S/C16H26N4S/c1-6-12-8-14(7-2)20(19-12)10-13-11-21-15(18-13)9-17-16(3,4)5/h8,11,17H,6-7,9-10H2,1-5H3. The lowest BCUT2D eigenvalue weighted by molar-refractivity contribution is 0.423. The summed E-state index contributed by atoms with van der Waals surface area (Å²) in [5.74, 6) is 0. The monoisotopic (exact) mass is 306 g/mol. The number of aromatic nitrogens is 3. The molecule has 0 fully saturated rings. The Morgan fingerprint density at radius 1 is 1.19 bits per heavy atom. The van der Waals surface area contributed by atoms with E-state index in [0.717, 1.165) is 42.3 Å². The molecule has 0 amide bonds. The minimum absolute atomic E-state index is 0.124. The van der Waals surface area contributed by atoms with Gasteiger partial charge in [-0.1, -0.05) is 13.8 Å². The highest BCUT2D eigenvalue weighted by molar-refractivity contribution is 7.09. The first kappa shape index (κ1) is 16.2. The predicted molar refractivity (Wildman–Crippen MR) is 88.8 cm³/mol. The van der Waals surface area contributed by atoms with Crippen molar-refractivity contribution >= 4 is 11.3 Å². The zero-order valence-electron chi connectivity index (χ0n) is 13.7. The lowest BCUT2D eigenvalue weighted by Crippen LogP contribution is -2.35. The lowest BCUT2D eigenvalue weighted by Gasteiger charge is -2.19. The summed E-state index contributed by atoms with van der Waals surface area (Å²) in [6.45, 7) is 12.4. The minimum atomic E-state index is 0.124. The molecule has 116 valence electrons. The van der Waals surface area contributed by atoms with Crippen molar-refractivity contribution in [3.63, 3.8) is 0 Å². The highest BCUT2D eigenvalue weighted by Gasteiger charge is 2.11. The Hall–Kier alpha value is -1.20. The Kier molecular flexibility index (Phi) is 5.17. The van der Waals surface area contributed by atoms with Crippen LogP contribution in [0.15, 0.2) is 11.4 Å². The number of hydrogen-bond donors (Lipinski definition) is 1. The molecular weight excluding hydrogens is 280 g/mol. The largest absolute Gasteiger partial charge is 0.306 e. The average molecular weight is 306 g/mol. The molecule has 0 saturated carbocycles. The third-order valence-corrected chi connectivity index (χ3v) is 4.22. The van der Waals surface area contributed by atoms with Gasteiger partial charge < -0.3 is 5.32 Å². The van der Waals surface area contributed by atoms with Gasteiger partial charge in [-0.2, -0.15) is 5.10 Å². The van der Waals surface area contributed by atoms with Crippen LogP contribution in [-0.2, 0) is 25.9 Å². The molecule has 0 aromatic carbocycles. The van der Waals surface area contributed by atoms with Gasteiger partial charge >= 0.3 is 0 Å². The van der Waals surface area contributed by atoms with Gasteiger partial charge in [0.15, 0.2) is 0 Å². The van der Waals surface area contributed by atoms with Gasteiger partial charge in [0, 0.05) is 23.2 Å². The van der Waals surface area contributed by atoms with Gasteiger partial charge in [0.25, 0.3) is 0 Å². The summed E-state index contributed by atoms with van der Waals surface area (Å²) >= 11 is 1.72. The molecule has 2 aromatic heterocycles. The zero-order chi connectivity index (χ0) is 15.5. The summed E-state index contributed by atoms with van der Waals surface area (Å²) in [7, 11) is 0. The number of hydrogen-bond acceptors (Lipinski definition) is 4. The fourth-order valence-electron chi connectivity index (χ4n) is 2.11. The fraction of sp³-hybridized carbons (Fsp3) is 0.625. The van der Waals surface area contributed by atoms with Crippen LogP contribution in [0, 0.1) is 0 Å². The van der Waals surface area contributed by atoms with Crippen molar-refractivity contribution in [2.45, 2.75) is 66.1 Å². The van der Waals surface area contributed by atoms with Crippen LogP contribution in [0.1, 0.15) is 56.7 Å². The van der Waals surface area contributed by atoms with Crippen LogP contribution in [0.2, 0.25) is 0 Å². The Morgan fingerprint density at radius 3 is 2.57 bits per heavy atom. The van der Waals surface area contributed by atoms with Crippen LogP contribution in [0.4, 0.5) is 0 Å². The maximum Gasteiger partial charge on any atom is 0.107 e. The molecule has 5 heteroatoms. The molecule has 21 heavy (non-hydrogen) atoms. The molecule has 0 aliphatic carbocycles. The molecule has 2 heterocycles. The van der Waals surface area contributed by atoms with Gasteiger partial charge in [-0.15, -0.1) is 11.3 Å². The highest BCUT2D eigenvalue weighted by Crippen LogP contribution is 2.14. The molecule has 0 aliphatic heterocycles. The summed E-state index contributed by atoms with van der Waals surface area (Å²) in [5.41, 5.74) is 3.68. The highest BCUT2D eigenvalue weighted by atomic mass is 32.1. The second-order valence-electron chi connectivity index (χ2n) is 6.33. The van der Waals surface area contributed by atoms with Crippen LogP contribution in [-0.4, -0.2) is 20.3 Å². The summed E-state index contributed by atoms with van der Waals surface area (Å²) in [4.78, 5) is 4.71. The lowest BCUT2D eigenvalue weighted by atomic mass is 10.1. The van der Waals surface area contributed by atoms with Crippen molar-refractivity contribution in [1.82, 2.24) is 20.1 Å².